The zero-order valence-corrected chi connectivity index (χ0v) is 8.35. The molecule has 0 atom stereocenters. The van der Waals surface area contributed by atoms with Crippen LogP contribution in [-0.2, 0) is 16.1 Å². The number of carbonyl (C=O) groups is 1. The molecule has 2 nitrogen and oxygen atoms in total. The number of carbonyl (C=O) groups excluding carboxylic acids is 1. The summed E-state index contributed by atoms with van der Waals surface area (Å²) in [6.07, 6.45) is 5.53. The summed E-state index contributed by atoms with van der Waals surface area (Å²) in [7, 11) is 0. The van der Waals surface area contributed by atoms with E-state index in [0.29, 0.717) is 13.0 Å². The van der Waals surface area contributed by atoms with Crippen LogP contribution < -0.4 is 0 Å². The van der Waals surface area contributed by atoms with Gasteiger partial charge in [0.25, 0.3) is 0 Å². The van der Waals surface area contributed by atoms with Crippen LogP contribution >= 0.6 is 0 Å². The van der Waals surface area contributed by atoms with Crippen molar-refractivity contribution in [2.24, 2.45) is 0 Å². The van der Waals surface area contributed by atoms with Crippen LogP contribution in [0.5, 0.6) is 0 Å². The molecular weight excluding hydrogens is 188 g/mol. The lowest BCUT2D eigenvalue weighted by atomic mass is 10.1. The Labute approximate surface area is 88.9 Å². The van der Waals surface area contributed by atoms with E-state index in [1.54, 1.807) is 12.2 Å². The predicted molar refractivity (Wildman–Crippen MR) is 58.1 cm³/mol. The number of hydrogen-bond donors (Lipinski definition) is 0. The third-order valence-electron chi connectivity index (χ3n) is 2.19. The summed E-state index contributed by atoms with van der Waals surface area (Å²) in [5.41, 5.74) is 1.13. The van der Waals surface area contributed by atoms with Gasteiger partial charge in [-0.25, -0.2) is 0 Å². The number of allylic oxidation sites excluding steroid dienone is 3. The third-order valence-corrected chi connectivity index (χ3v) is 2.19. The van der Waals surface area contributed by atoms with Gasteiger partial charge >= 0.3 is 0 Å². The first kappa shape index (κ1) is 9.71. The molecule has 0 N–H and O–H groups in total. The second kappa shape index (κ2) is 4.60. The summed E-state index contributed by atoms with van der Waals surface area (Å²) in [5.74, 6) is 0.903. The topological polar surface area (TPSA) is 26.3 Å². The molecule has 0 heterocycles. The van der Waals surface area contributed by atoms with Gasteiger partial charge in [0.1, 0.15) is 12.4 Å². The first-order chi connectivity index (χ1) is 7.34. The Bertz CT molecular complexity index is 402. The molecule has 0 bridgehead atoms. The first-order valence-electron chi connectivity index (χ1n) is 4.92. The normalized spacial score (nSPS) is 14.9. The van der Waals surface area contributed by atoms with Gasteiger partial charge in [-0.2, -0.15) is 0 Å². The van der Waals surface area contributed by atoms with Crippen molar-refractivity contribution in [1.82, 2.24) is 0 Å². The minimum Gasteiger partial charge on any atom is -0.489 e. The number of rotatable bonds is 3. The van der Waals surface area contributed by atoms with Crippen LogP contribution in [0.1, 0.15) is 12.0 Å². The van der Waals surface area contributed by atoms with Crippen molar-refractivity contribution in [1.29, 1.82) is 0 Å². The molecule has 2 rings (SSSR count). The average Bonchev–Trinajstić information content (AvgIpc) is 2.30. The van der Waals surface area contributed by atoms with Crippen molar-refractivity contribution in [2.75, 3.05) is 0 Å². The van der Waals surface area contributed by atoms with E-state index < -0.39 is 0 Å². The highest BCUT2D eigenvalue weighted by Crippen LogP contribution is 2.11. The monoisotopic (exact) mass is 200 g/mol. The maximum atomic E-state index is 10.9. The number of ketones is 1. The van der Waals surface area contributed by atoms with Crippen molar-refractivity contribution < 1.29 is 9.53 Å². The average molecular weight is 200 g/mol. The minimum atomic E-state index is 0.127. The lowest BCUT2D eigenvalue weighted by molar-refractivity contribution is -0.114. The summed E-state index contributed by atoms with van der Waals surface area (Å²) in [6.45, 7) is 0.547. The van der Waals surface area contributed by atoms with Crippen molar-refractivity contribution in [3.63, 3.8) is 0 Å². The highest BCUT2D eigenvalue weighted by molar-refractivity contribution is 5.92. The first-order valence-corrected chi connectivity index (χ1v) is 4.92. The van der Waals surface area contributed by atoms with Crippen LogP contribution in [0, 0.1) is 0 Å². The van der Waals surface area contributed by atoms with Crippen LogP contribution in [0.4, 0.5) is 0 Å². The van der Waals surface area contributed by atoms with Crippen LogP contribution in [-0.4, -0.2) is 5.78 Å². The largest absolute Gasteiger partial charge is 0.489 e. The van der Waals surface area contributed by atoms with Gasteiger partial charge < -0.3 is 4.74 Å². The fourth-order valence-corrected chi connectivity index (χ4v) is 1.36. The molecule has 0 aliphatic heterocycles. The Morgan fingerprint density at radius 3 is 2.60 bits per heavy atom. The number of benzene rings is 1. The lowest BCUT2D eigenvalue weighted by Crippen LogP contribution is -1.99. The Hall–Kier alpha value is -1.83. The van der Waals surface area contributed by atoms with Crippen LogP contribution in [0.3, 0.4) is 0 Å². The Morgan fingerprint density at radius 2 is 1.93 bits per heavy atom. The molecular formula is C13H12O2. The van der Waals surface area contributed by atoms with E-state index in [-0.39, 0.29) is 5.78 Å². The Kier molecular flexibility index (Phi) is 2.98. The number of ether oxygens (including phenoxy) is 1. The minimum absolute atomic E-state index is 0.127. The van der Waals surface area contributed by atoms with E-state index >= 15 is 0 Å². The Balaban J connectivity index is 1.90. The molecule has 0 aromatic heterocycles. The third kappa shape index (κ3) is 2.81. The summed E-state index contributed by atoms with van der Waals surface area (Å²) in [5, 5.41) is 0. The summed E-state index contributed by atoms with van der Waals surface area (Å²) >= 11 is 0. The van der Waals surface area contributed by atoms with Gasteiger partial charge in [-0.05, 0) is 23.8 Å². The van der Waals surface area contributed by atoms with E-state index in [4.69, 9.17) is 4.74 Å². The fourth-order valence-electron chi connectivity index (χ4n) is 1.36. The predicted octanol–water partition coefficient (Wildman–Crippen LogP) is 2.62. The molecule has 0 radical (unpaired) electrons. The van der Waals surface area contributed by atoms with Crippen molar-refractivity contribution in [2.45, 2.75) is 13.0 Å². The summed E-state index contributed by atoms with van der Waals surface area (Å²) < 4.78 is 5.54. The van der Waals surface area contributed by atoms with Gasteiger partial charge in [0, 0.05) is 6.42 Å². The quantitative estimate of drug-likeness (QED) is 0.749. The summed E-state index contributed by atoms with van der Waals surface area (Å²) in [6, 6.07) is 9.96. The molecule has 0 saturated carbocycles. The standard InChI is InChI=1S/C13H12O2/c14-12-6-8-13(9-7-12)15-10-11-4-2-1-3-5-11/h1-6,8-9H,7,10H2. The van der Waals surface area contributed by atoms with Crippen LogP contribution in [0.15, 0.2) is 54.3 Å². The lowest BCUT2D eigenvalue weighted by Gasteiger charge is -2.09. The van der Waals surface area contributed by atoms with Gasteiger partial charge in [0.15, 0.2) is 5.78 Å². The van der Waals surface area contributed by atoms with Crippen molar-refractivity contribution in [3.8, 4) is 0 Å². The second-order valence-electron chi connectivity index (χ2n) is 3.38. The van der Waals surface area contributed by atoms with Gasteiger partial charge in [-0.15, -0.1) is 0 Å². The van der Waals surface area contributed by atoms with Crippen molar-refractivity contribution >= 4 is 5.78 Å². The molecule has 0 spiro atoms. The highest BCUT2D eigenvalue weighted by atomic mass is 16.5. The van der Waals surface area contributed by atoms with E-state index in [2.05, 4.69) is 0 Å². The number of hydrogen-bond acceptors (Lipinski definition) is 2. The molecule has 76 valence electrons. The molecule has 2 heteroatoms. The van der Waals surface area contributed by atoms with Crippen LogP contribution in [0.2, 0.25) is 0 Å². The molecule has 1 aliphatic rings. The zero-order chi connectivity index (χ0) is 10.5. The SMILES string of the molecule is O=C1C=CC(OCc2ccccc2)=CC1. The van der Waals surface area contributed by atoms with E-state index in [0.717, 1.165) is 11.3 Å². The second-order valence-corrected chi connectivity index (χ2v) is 3.38. The zero-order valence-electron chi connectivity index (χ0n) is 8.35. The molecule has 15 heavy (non-hydrogen) atoms. The molecule has 1 aromatic rings. The van der Waals surface area contributed by atoms with Gasteiger partial charge in [-0.1, -0.05) is 30.3 Å². The summed E-state index contributed by atoms with van der Waals surface area (Å²) in [4.78, 5) is 10.9. The van der Waals surface area contributed by atoms with Gasteiger partial charge in [-0.3, -0.25) is 4.79 Å². The van der Waals surface area contributed by atoms with E-state index in [9.17, 15) is 4.79 Å². The van der Waals surface area contributed by atoms with Gasteiger partial charge in [0.05, 0.1) is 0 Å². The maximum Gasteiger partial charge on any atom is 0.159 e. The molecule has 0 unspecified atom stereocenters. The Morgan fingerprint density at radius 1 is 1.13 bits per heavy atom. The van der Waals surface area contributed by atoms with E-state index in [1.165, 1.54) is 0 Å². The highest BCUT2D eigenvalue weighted by Gasteiger charge is 2.03. The van der Waals surface area contributed by atoms with Crippen molar-refractivity contribution in [3.05, 3.63) is 59.9 Å². The smallest absolute Gasteiger partial charge is 0.159 e. The molecule has 0 fully saturated rings. The fraction of sp³-hybridized carbons (Fsp3) is 0.154. The molecule has 0 saturated heterocycles. The van der Waals surface area contributed by atoms with Crippen LogP contribution in [0.25, 0.3) is 0 Å². The molecule has 1 aromatic carbocycles. The van der Waals surface area contributed by atoms with E-state index in [1.807, 2.05) is 36.4 Å². The molecule has 0 amide bonds. The maximum absolute atomic E-state index is 10.9. The van der Waals surface area contributed by atoms with Gasteiger partial charge in [0.2, 0.25) is 0 Å². The molecule has 1 aliphatic carbocycles.